The maximum Gasteiger partial charge on any atom is 0.125 e. The fourth-order valence-corrected chi connectivity index (χ4v) is 4.04. The van der Waals surface area contributed by atoms with Gasteiger partial charge in [-0.05, 0) is 60.1 Å². The van der Waals surface area contributed by atoms with Gasteiger partial charge in [0.25, 0.3) is 0 Å². The molecule has 3 nitrogen and oxygen atoms in total. The van der Waals surface area contributed by atoms with Gasteiger partial charge in [-0.3, -0.25) is 4.90 Å². The molecule has 0 amide bonds. The molecule has 0 bridgehead atoms. The molecular weight excluding hydrogens is 385 g/mol. The number of likely N-dealkylation sites (tertiary alicyclic amines) is 1. The third-order valence-electron chi connectivity index (χ3n) is 4.47. The van der Waals surface area contributed by atoms with Crippen LogP contribution < -0.4 is 0 Å². The van der Waals surface area contributed by atoms with Gasteiger partial charge in [-0.25, -0.2) is 4.98 Å². The van der Waals surface area contributed by atoms with Crippen LogP contribution in [-0.4, -0.2) is 33.6 Å². The summed E-state index contributed by atoms with van der Waals surface area (Å²) in [5.74, 6) is 1.51. The number of hydrogen-bond donors (Lipinski definition) is 0. The highest BCUT2D eigenvalue weighted by Crippen LogP contribution is 2.35. The Morgan fingerprint density at radius 1 is 1.25 bits per heavy atom. The van der Waals surface area contributed by atoms with E-state index in [1.54, 1.807) is 0 Å². The average Bonchev–Trinajstić information content (AvgIpc) is 3.07. The first kappa shape index (κ1) is 13.3. The second kappa shape index (κ2) is 5.14. The molecule has 2 aliphatic rings. The quantitative estimate of drug-likeness (QED) is 0.576. The molecule has 1 aromatic heterocycles. The topological polar surface area (TPSA) is 21.1 Å². The fourth-order valence-electron chi connectivity index (χ4n) is 3.37. The molecule has 5 heteroatoms. The highest BCUT2D eigenvalue weighted by Gasteiger charge is 2.35. The smallest absolute Gasteiger partial charge is 0.125 e. The molecule has 1 saturated heterocycles. The number of nitrogens with zero attached hydrogens (tertiary/aromatic N) is 3. The highest BCUT2D eigenvalue weighted by molar-refractivity contribution is 14.1. The molecule has 0 N–H and O–H groups in total. The molecule has 2 aromatic rings. The molecule has 4 rings (SSSR count). The van der Waals surface area contributed by atoms with Gasteiger partial charge in [-0.1, -0.05) is 0 Å². The predicted molar refractivity (Wildman–Crippen MR) is 90.3 cm³/mol. The van der Waals surface area contributed by atoms with Crippen LogP contribution in [0.3, 0.4) is 0 Å². The van der Waals surface area contributed by atoms with E-state index >= 15 is 0 Å². The van der Waals surface area contributed by atoms with E-state index in [0.29, 0.717) is 11.9 Å². The monoisotopic (exact) mass is 401 g/mol. The van der Waals surface area contributed by atoms with Crippen LogP contribution in [0.1, 0.15) is 31.1 Å². The first-order chi connectivity index (χ1) is 9.76. The molecule has 20 heavy (non-hydrogen) atoms. The maximum absolute atomic E-state index is 6.13. The fraction of sp³-hybridized carbons (Fsp3) is 0.533. The number of imidazole rings is 1. The number of benzene rings is 1. The Bertz CT molecular complexity index is 650. The zero-order valence-corrected chi connectivity index (χ0v) is 14.1. The van der Waals surface area contributed by atoms with Gasteiger partial charge < -0.3 is 4.57 Å². The Morgan fingerprint density at radius 2 is 2.10 bits per heavy atom. The molecule has 0 spiro atoms. The normalized spacial score (nSPS) is 23.8. The second-order valence-corrected chi connectivity index (χ2v) is 7.35. The van der Waals surface area contributed by atoms with Crippen LogP contribution in [0.15, 0.2) is 18.2 Å². The van der Waals surface area contributed by atoms with Gasteiger partial charge in [0, 0.05) is 28.7 Å². The van der Waals surface area contributed by atoms with E-state index in [1.165, 1.54) is 34.9 Å². The highest BCUT2D eigenvalue weighted by atomic mass is 127. The standard InChI is InChI=1S/C15H17ClIN3/c16-8-15-18-13-7-10(17)1-4-14(13)20(15)12-5-6-19(9-12)11-2-3-11/h1,4,7,11-12H,2-3,5-6,8-9H2. The van der Waals surface area contributed by atoms with Gasteiger partial charge in [0.2, 0.25) is 0 Å². The number of alkyl halides is 1. The lowest BCUT2D eigenvalue weighted by Crippen LogP contribution is -2.24. The molecule has 1 unspecified atom stereocenters. The summed E-state index contributed by atoms with van der Waals surface area (Å²) < 4.78 is 3.62. The van der Waals surface area contributed by atoms with Crippen LogP contribution >= 0.6 is 34.2 Å². The molecule has 0 radical (unpaired) electrons. The van der Waals surface area contributed by atoms with Crippen molar-refractivity contribution in [1.29, 1.82) is 0 Å². The minimum atomic E-state index is 0.491. The predicted octanol–water partition coefficient (Wildman–Crippen LogP) is 3.79. The summed E-state index contributed by atoms with van der Waals surface area (Å²) >= 11 is 8.47. The third-order valence-corrected chi connectivity index (χ3v) is 5.38. The van der Waals surface area contributed by atoms with Gasteiger partial charge in [0.1, 0.15) is 5.82 Å². The van der Waals surface area contributed by atoms with Crippen molar-refractivity contribution >= 4 is 45.2 Å². The van der Waals surface area contributed by atoms with E-state index in [9.17, 15) is 0 Å². The van der Waals surface area contributed by atoms with Crippen LogP contribution in [0.5, 0.6) is 0 Å². The lowest BCUT2D eigenvalue weighted by atomic mass is 10.2. The lowest BCUT2D eigenvalue weighted by Gasteiger charge is -2.18. The zero-order chi connectivity index (χ0) is 13.7. The summed E-state index contributed by atoms with van der Waals surface area (Å²) in [5, 5.41) is 0. The Hall–Kier alpha value is -0.330. The van der Waals surface area contributed by atoms with E-state index in [2.05, 4.69) is 50.3 Å². The summed E-state index contributed by atoms with van der Waals surface area (Å²) in [6, 6.07) is 7.90. The van der Waals surface area contributed by atoms with Crippen molar-refractivity contribution in [1.82, 2.24) is 14.5 Å². The molecule has 1 aliphatic heterocycles. The van der Waals surface area contributed by atoms with Crippen molar-refractivity contribution < 1.29 is 0 Å². The van der Waals surface area contributed by atoms with Gasteiger partial charge in [-0.15, -0.1) is 11.6 Å². The molecular formula is C15H17ClIN3. The first-order valence-electron chi connectivity index (χ1n) is 7.22. The summed E-state index contributed by atoms with van der Waals surface area (Å²) in [6.45, 7) is 2.38. The number of aromatic nitrogens is 2. The number of halogens is 2. The van der Waals surface area contributed by atoms with Crippen LogP contribution in [-0.2, 0) is 5.88 Å². The Kier molecular flexibility index (Phi) is 3.43. The van der Waals surface area contributed by atoms with Crippen LogP contribution in [0.2, 0.25) is 0 Å². The van der Waals surface area contributed by atoms with E-state index < -0.39 is 0 Å². The molecule has 1 aromatic carbocycles. The lowest BCUT2D eigenvalue weighted by molar-refractivity contribution is 0.314. The van der Waals surface area contributed by atoms with E-state index in [4.69, 9.17) is 16.6 Å². The zero-order valence-electron chi connectivity index (χ0n) is 11.2. The molecule has 1 atom stereocenters. The summed E-state index contributed by atoms with van der Waals surface area (Å²) in [7, 11) is 0. The van der Waals surface area contributed by atoms with Gasteiger partial charge in [-0.2, -0.15) is 0 Å². The van der Waals surface area contributed by atoms with Crippen molar-refractivity contribution in [2.75, 3.05) is 13.1 Å². The summed E-state index contributed by atoms with van der Waals surface area (Å²) in [6.07, 6.45) is 3.99. The van der Waals surface area contributed by atoms with Crippen molar-refractivity contribution in [2.45, 2.75) is 37.2 Å². The summed E-state index contributed by atoms with van der Waals surface area (Å²) in [5.41, 5.74) is 2.32. The number of rotatable bonds is 3. The first-order valence-corrected chi connectivity index (χ1v) is 8.84. The van der Waals surface area contributed by atoms with Crippen molar-refractivity contribution in [3.8, 4) is 0 Å². The molecule has 106 valence electrons. The molecule has 2 fully saturated rings. The Labute approximate surface area is 137 Å². The van der Waals surface area contributed by atoms with Gasteiger partial charge in [0.15, 0.2) is 0 Å². The Balaban J connectivity index is 1.74. The molecule has 1 aliphatic carbocycles. The van der Waals surface area contributed by atoms with E-state index in [0.717, 1.165) is 23.9 Å². The second-order valence-electron chi connectivity index (χ2n) is 5.83. The van der Waals surface area contributed by atoms with Gasteiger partial charge >= 0.3 is 0 Å². The van der Waals surface area contributed by atoms with Crippen molar-refractivity contribution in [2.24, 2.45) is 0 Å². The minimum Gasteiger partial charge on any atom is -0.322 e. The van der Waals surface area contributed by atoms with E-state index in [-0.39, 0.29) is 0 Å². The van der Waals surface area contributed by atoms with Crippen LogP contribution in [0.4, 0.5) is 0 Å². The average molecular weight is 402 g/mol. The van der Waals surface area contributed by atoms with Gasteiger partial charge in [0.05, 0.1) is 16.9 Å². The maximum atomic E-state index is 6.13. The largest absolute Gasteiger partial charge is 0.322 e. The number of fused-ring (bicyclic) bond motifs is 1. The van der Waals surface area contributed by atoms with E-state index in [1.807, 2.05) is 0 Å². The molecule has 2 heterocycles. The molecule has 1 saturated carbocycles. The SMILES string of the molecule is ClCc1nc2cc(I)ccc2n1C1CCN(C2CC2)C1. The van der Waals surface area contributed by atoms with Crippen LogP contribution in [0.25, 0.3) is 11.0 Å². The van der Waals surface area contributed by atoms with Crippen LogP contribution in [0, 0.1) is 3.57 Å². The van der Waals surface area contributed by atoms with Crippen molar-refractivity contribution in [3.05, 3.63) is 27.6 Å². The minimum absolute atomic E-state index is 0.491. The third kappa shape index (κ3) is 2.25. The number of hydrogen-bond acceptors (Lipinski definition) is 2. The van der Waals surface area contributed by atoms with Crippen molar-refractivity contribution in [3.63, 3.8) is 0 Å². The Morgan fingerprint density at radius 3 is 2.85 bits per heavy atom. The summed E-state index contributed by atoms with van der Waals surface area (Å²) in [4.78, 5) is 7.37.